The van der Waals surface area contributed by atoms with Gasteiger partial charge in [-0.3, -0.25) is 0 Å². The molecule has 0 radical (unpaired) electrons. The highest BCUT2D eigenvalue weighted by Crippen LogP contribution is 2.31. The van der Waals surface area contributed by atoms with Gasteiger partial charge in [-0.05, 0) is 72.4 Å². The third-order valence-electron chi connectivity index (χ3n) is 5.74. The van der Waals surface area contributed by atoms with Crippen molar-refractivity contribution in [2.45, 2.75) is 110 Å². The molecule has 36 heavy (non-hydrogen) atoms. The van der Waals surface area contributed by atoms with Crippen molar-refractivity contribution < 1.29 is 29.5 Å². The van der Waals surface area contributed by atoms with Crippen LogP contribution >= 0.6 is 0 Å². The molecule has 1 N–H and O–H groups in total. The van der Waals surface area contributed by atoms with Gasteiger partial charge >= 0.3 is 5.97 Å². The zero-order valence-corrected chi connectivity index (χ0v) is 23.6. The van der Waals surface area contributed by atoms with Crippen LogP contribution in [0.1, 0.15) is 99.1 Å². The number of hydrogen-bond donors (Lipinski definition) is 1. The lowest BCUT2D eigenvalue weighted by atomic mass is 9.94. The van der Waals surface area contributed by atoms with Crippen LogP contribution in [0.2, 0.25) is 0 Å². The molecule has 0 bridgehead atoms. The van der Waals surface area contributed by atoms with E-state index in [2.05, 4.69) is 0 Å². The lowest BCUT2D eigenvalue weighted by Crippen LogP contribution is -2.43. The van der Waals surface area contributed by atoms with Gasteiger partial charge in [0.2, 0.25) is 0 Å². The second-order valence-electron chi connectivity index (χ2n) is 11.0. The van der Waals surface area contributed by atoms with E-state index in [1.165, 1.54) is 0 Å². The summed E-state index contributed by atoms with van der Waals surface area (Å²) >= 11 is 0. The summed E-state index contributed by atoms with van der Waals surface area (Å²) in [5, 5.41) is 9.24. The molecule has 0 amide bonds. The van der Waals surface area contributed by atoms with Crippen molar-refractivity contribution >= 4 is 5.97 Å². The van der Waals surface area contributed by atoms with Gasteiger partial charge in [0, 0.05) is 0 Å². The van der Waals surface area contributed by atoms with Crippen LogP contribution < -0.4 is 0 Å². The second kappa shape index (κ2) is 13.9. The Hall–Kier alpha value is -2.25. The SMILES string of the molecule is CC(C)(OOC(C)(C)c1ccccc1)c1ccccc1.CCCCC(CC)(OOC(C)(C)C)C(=O)O. The van der Waals surface area contributed by atoms with Crippen molar-refractivity contribution in [3.8, 4) is 0 Å². The zero-order chi connectivity index (χ0) is 27.5. The predicted octanol–water partition coefficient (Wildman–Crippen LogP) is 7.96. The molecule has 2 rings (SSSR count). The van der Waals surface area contributed by atoms with E-state index < -0.39 is 28.4 Å². The molecule has 1 unspecified atom stereocenters. The molecule has 0 aliphatic rings. The van der Waals surface area contributed by atoms with Crippen molar-refractivity contribution in [1.82, 2.24) is 0 Å². The fourth-order valence-corrected chi connectivity index (χ4v) is 3.22. The van der Waals surface area contributed by atoms with Gasteiger partial charge in [-0.2, -0.15) is 0 Å². The van der Waals surface area contributed by atoms with Crippen LogP contribution in [0.15, 0.2) is 60.7 Å². The first-order valence-electron chi connectivity index (χ1n) is 12.8. The van der Waals surface area contributed by atoms with E-state index in [4.69, 9.17) is 19.6 Å². The molecule has 6 nitrogen and oxygen atoms in total. The van der Waals surface area contributed by atoms with Gasteiger partial charge in [0.25, 0.3) is 0 Å². The molecular formula is C30H46O6. The molecule has 0 heterocycles. The van der Waals surface area contributed by atoms with Crippen molar-refractivity contribution in [1.29, 1.82) is 0 Å². The van der Waals surface area contributed by atoms with Crippen LogP contribution in [-0.2, 0) is 35.5 Å². The smallest absolute Gasteiger partial charge is 0.339 e. The Morgan fingerprint density at radius 2 is 1.11 bits per heavy atom. The summed E-state index contributed by atoms with van der Waals surface area (Å²) in [5.74, 6) is -0.951. The largest absolute Gasteiger partial charge is 0.479 e. The predicted molar refractivity (Wildman–Crippen MR) is 143 cm³/mol. The van der Waals surface area contributed by atoms with Gasteiger partial charge < -0.3 is 5.11 Å². The standard InChI is InChI=1S/C18H22O2.C12H24O4/c1-17(2,15-11-7-5-8-12-15)19-20-18(3,4)16-13-9-6-10-14-16;1-6-8-9-12(7-2,10(13)14)16-15-11(3,4)5/h5-14H,1-4H3;6-9H2,1-5H3,(H,13,14). The van der Waals surface area contributed by atoms with Crippen molar-refractivity contribution in [2.24, 2.45) is 0 Å². The summed E-state index contributed by atoms with van der Waals surface area (Å²) in [6.45, 7) is 17.3. The fraction of sp³-hybridized carbons (Fsp3) is 0.567. The maximum absolute atomic E-state index is 11.3. The quantitative estimate of drug-likeness (QED) is 0.234. The highest BCUT2D eigenvalue weighted by Gasteiger charge is 2.40. The topological polar surface area (TPSA) is 74.2 Å². The Bertz CT molecular complexity index is 835. The first kappa shape index (κ1) is 31.8. The molecule has 0 aliphatic carbocycles. The van der Waals surface area contributed by atoms with Crippen molar-refractivity contribution in [3.63, 3.8) is 0 Å². The molecule has 0 spiro atoms. The van der Waals surface area contributed by atoms with E-state index in [9.17, 15) is 9.90 Å². The molecule has 6 heteroatoms. The Balaban J connectivity index is 0.000000371. The summed E-state index contributed by atoms with van der Waals surface area (Å²) in [5.41, 5.74) is -0.515. The van der Waals surface area contributed by atoms with Crippen LogP contribution in [0.3, 0.4) is 0 Å². The van der Waals surface area contributed by atoms with E-state index in [1.54, 1.807) is 6.92 Å². The van der Waals surface area contributed by atoms with Crippen LogP contribution in [0.4, 0.5) is 0 Å². The maximum Gasteiger partial charge on any atom is 0.339 e. The molecule has 0 aromatic heterocycles. The fourth-order valence-electron chi connectivity index (χ4n) is 3.22. The average molecular weight is 503 g/mol. The van der Waals surface area contributed by atoms with Crippen LogP contribution in [0.25, 0.3) is 0 Å². The molecule has 0 aliphatic heterocycles. The zero-order valence-electron chi connectivity index (χ0n) is 23.6. The molecule has 0 fully saturated rings. The van der Waals surface area contributed by atoms with Gasteiger partial charge in [-0.25, -0.2) is 24.3 Å². The minimum atomic E-state index is -1.21. The molecule has 202 valence electrons. The minimum Gasteiger partial charge on any atom is -0.479 e. The van der Waals surface area contributed by atoms with Crippen LogP contribution in [-0.4, -0.2) is 22.3 Å². The number of carbonyl (C=O) groups is 1. The van der Waals surface area contributed by atoms with E-state index in [0.29, 0.717) is 12.8 Å². The summed E-state index contributed by atoms with van der Waals surface area (Å²) in [7, 11) is 0. The van der Waals surface area contributed by atoms with E-state index >= 15 is 0 Å². The second-order valence-corrected chi connectivity index (χ2v) is 11.0. The lowest BCUT2D eigenvalue weighted by molar-refractivity contribution is -0.410. The van der Waals surface area contributed by atoms with E-state index in [-0.39, 0.29) is 0 Å². The van der Waals surface area contributed by atoms with Crippen molar-refractivity contribution in [2.75, 3.05) is 0 Å². The number of aliphatic carboxylic acids is 1. The third kappa shape index (κ3) is 10.4. The van der Waals surface area contributed by atoms with Gasteiger partial charge in [0.1, 0.15) is 11.2 Å². The number of benzene rings is 2. The van der Waals surface area contributed by atoms with Crippen LogP contribution in [0.5, 0.6) is 0 Å². The number of carboxylic acids is 1. The van der Waals surface area contributed by atoms with Gasteiger partial charge in [-0.1, -0.05) is 87.4 Å². The number of unbranched alkanes of at least 4 members (excludes halogenated alkanes) is 1. The highest BCUT2D eigenvalue weighted by molar-refractivity contribution is 5.77. The Morgan fingerprint density at radius 1 is 0.694 bits per heavy atom. The Kier molecular flexibility index (Phi) is 12.3. The lowest BCUT2D eigenvalue weighted by Gasteiger charge is -2.31. The first-order chi connectivity index (χ1) is 16.7. The molecular weight excluding hydrogens is 456 g/mol. The van der Waals surface area contributed by atoms with Gasteiger partial charge in [0.05, 0.1) is 5.60 Å². The highest BCUT2D eigenvalue weighted by atomic mass is 17.2. The van der Waals surface area contributed by atoms with Gasteiger partial charge in [0.15, 0.2) is 5.60 Å². The normalized spacial score (nSPS) is 13.9. The Morgan fingerprint density at radius 3 is 1.42 bits per heavy atom. The van der Waals surface area contributed by atoms with Crippen molar-refractivity contribution in [3.05, 3.63) is 71.8 Å². The summed E-state index contributed by atoms with van der Waals surface area (Å²) < 4.78 is 0. The number of rotatable bonds is 12. The maximum atomic E-state index is 11.3. The summed E-state index contributed by atoms with van der Waals surface area (Å²) in [6, 6.07) is 20.2. The number of hydrogen-bond acceptors (Lipinski definition) is 5. The molecule has 2 aromatic carbocycles. The molecule has 0 saturated carbocycles. The van der Waals surface area contributed by atoms with E-state index in [1.807, 2.05) is 116 Å². The average Bonchev–Trinajstić information content (AvgIpc) is 2.84. The van der Waals surface area contributed by atoms with E-state index in [0.717, 1.165) is 24.0 Å². The summed E-state index contributed by atoms with van der Waals surface area (Å²) in [6.07, 6.45) is 2.63. The Labute approximate surface area is 217 Å². The first-order valence-corrected chi connectivity index (χ1v) is 12.8. The molecule has 2 aromatic rings. The molecule has 0 saturated heterocycles. The third-order valence-corrected chi connectivity index (χ3v) is 5.74. The monoisotopic (exact) mass is 502 g/mol. The molecule has 1 atom stereocenters. The summed E-state index contributed by atoms with van der Waals surface area (Å²) in [4.78, 5) is 33.1. The minimum absolute atomic E-state index is 0.401. The number of carboxylic acid groups (broad SMARTS) is 1. The van der Waals surface area contributed by atoms with Crippen LogP contribution in [0, 0.1) is 0 Å². The van der Waals surface area contributed by atoms with Gasteiger partial charge in [-0.15, -0.1) is 0 Å².